The number of carbonyl (C=O) groups is 3. The van der Waals surface area contributed by atoms with Crippen LogP contribution >= 0.6 is 11.6 Å². The van der Waals surface area contributed by atoms with E-state index in [4.69, 9.17) is 21.4 Å². The Morgan fingerprint density at radius 1 is 1.15 bits per heavy atom. The highest BCUT2D eigenvalue weighted by Gasteiger charge is 2.48. The molecular formula is C30H26ClFN4O5. The van der Waals surface area contributed by atoms with E-state index in [1.54, 1.807) is 48.5 Å². The van der Waals surface area contributed by atoms with Crippen LogP contribution in [0, 0.1) is 5.82 Å². The lowest BCUT2D eigenvalue weighted by atomic mass is 9.82. The zero-order chi connectivity index (χ0) is 28.7. The van der Waals surface area contributed by atoms with E-state index in [1.165, 1.54) is 6.07 Å². The number of nitrogens with one attached hydrogen (secondary N) is 3. The first-order valence-electron chi connectivity index (χ1n) is 13.2. The van der Waals surface area contributed by atoms with Gasteiger partial charge >= 0.3 is 12.2 Å². The second-order valence-electron chi connectivity index (χ2n) is 10.4. The zero-order valence-electron chi connectivity index (χ0n) is 21.7. The largest absolute Gasteiger partial charge is 0.465 e. The molecular weight excluding hydrogens is 551 g/mol. The molecule has 0 bridgehead atoms. The monoisotopic (exact) mass is 576 g/mol. The van der Waals surface area contributed by atoms with E-state index in [9.17, 15) is 14.4 Å². The maximum absolute atomic E-state index is 15.4. The average Bonchev–Trinajstić information content (AvgIpc) is 3.36. The summed E-state index contributed by atoms with van der Waals surface area (Å²) in [7, 11) is 0. The maximum Gasteiger partial charge on any atom is 0.412 e. The summed E-state index contributed by atoms with van der Waals surface area (Å²) in [5.41, 5.74) is 1.61. The van der Waals surface area contributed by atoms with Gasteiger partial charge in [-0.15, -0.1) is 0 Å². The summed E-state index contributed by atoms with van der Waals surface area (Å²) in [5.74, 6) is -1.39. The molecule has 11 heteroatoms. The SMILES string of the molecule is O=C(O)Nc1ccc2[nH]c(C(CN3CCCC4(C3)OC(=O)Nc3ccc(Cl)c(F)c34)C(=O)c3ccccc3)cc2c1. The van der Waals surface area contributed by atoms with Gasteiger partial charge in [-0.05, 0) is 55.8 Å². The number of benzene rings is 3. The van der Waals surface area contributed by atoms with Crippen LogP contribution in [0.25, 0.3) is 10.9 Å². The Morgan fingerprint density at radius 2 is 1.95 bits per heavy atom. The van der Waals surface area contributed by atoms with Gasteiger partial charge in [-0.25, -0.2) is 14.0 Å². The van der Waals surface area contributed by atoms with E-state index in [2.05, 4.69) is 15.6 Å². The summed E-state index contributed by atoms with van der Waals surface area (Å²) in [6.45, 7) is 1.05. The average molecular weight is 577 g/mol. The van der Waals surface area contributed by atoms with Crippen LogP contribution < -0.4 is 10.6 Å². The molecule has 2 unspecified atom stereocenters. The van der Waals surface area contributed by atoms with Crippen molar-refractivity contribution in [3.63, 3.8) is 0 Å². The van der Waals surface area contributed by atoms with Crippen LogP contribution in [-0.4, -0.2) is 52.6 Å². The normalized spacial score (nSPS) is 19.3. The highest BCUT2D eigenvalue weighted by molar-refractivity contribution is 6.31. The van der Waals surface area contributed by atoms with Crippen molar-refractivity contribution in [1.29, 1.82) is 0 Å². The van der Waals surface area contributed by atoms with Crippen molar-refractivity contribution in [3.05, 3.63) is 94.4 Å². The lowest BCUT2D eigenvalue weighted by molar-refractivity contribution is -0.0490. The molecule has 1 aromatic heterocycles. The number of Topliss-reactive ketones (excluding diaryl/α,β-unsaturated/α-hetero) is 1. The minimum Gasteiger partial charge on any atom is -0.465 e. The molecule has 2 aliphatic heterocycles. The van der Waals surface area contributed by atoms with Crippen LogP contribution in [0.5, 0.6) is 0 Å². The molecule has 0 aliphatic carbocycles. The van der Waals surface area contributed by atoms with E-state index < -0.39 is 29.5 Å². The number of rotatable bonds is 6. The zero-order valence-corrected chi connectivity index (χ0v) is 22.5. The lowest BCUT2D eigenvalue weighted by Crippen LogP contribution is -2.53. The molecule has 2 atom stereocenters. The number of H-pyrrole nitrogens is 1. The van der Waals surface area contributed by atoms with Crippen LogP contribution in [0.3, 0.4) is 0 Å². The number of nitrogens with zero attached hydrogens (tertiary/aromatic N) is 1. The minimum absolute atomic E-state index is 0.0630. The fraction of sp³-hybridized carbons (Fsp3) is 0.233. The summed E-state index contributed by atoms with van der Waals surface area (Å²) in [6, 6.07) is 18.8. The van der Waals surface area contributed by atoms with Gasteiger partial charge in [0.15, 0.2) is 17.2 Å². The molecule has 1 spiro atoms. The number of likely N-dealkylation sites (tertiary alicyclic amines) is 1. The predicted molar refractivity (Wildman–Crippen MR) is 152 cm³/mol. The van der Waals surface area contributed by atoms with E-state index in [0.717, 1.165) is 10.9 Å². The first-order chi connectivity index (χ1) is 19.7. The fourth-order valence-electron chi connectivity index (χ4n) is 5.94. The van der Waals surface area contributed by atoms with Gasteiger partial charge in [-0.2, -0.15) is 0 Å². The summed E-state index contributed by atoms with van der Waals surface area (Å²) in [4.78, 5) is 42.9. The Bertz CT molecular complexity index is 1680. The summed E-state index contributed by atoms with van der Waals surface area (Å²) < 4.78 is 21.2. The van der Waals surface area contributed by atoms with E-state index in [-0.39, 0.29) is 29.5 Å². The van der Waals surface area contributed by atoms with Crippen LogP contribution in [0.1, 0.15) is 40.4 Å². The second kappa shape index (κ2) is 10.5. The number of carboxylic acid groups (broad SMARTS) is 1. The van der Waals surface area contributed by atoms with Gasteiger partial charge in [0.25, 0.3) is 0 Å². The molecule has 1 fully saturated rings. The summed E-state index contributed by atoms with van der Waals surface area (Å²) >= 11 is 6.13. The number of fused-ring (bicyclic) bond motifs is 3. The van der Waals surface area contributed by atoms with Crippen molar-refractivity contribution in [1.82, 2.24) is 9.88 Å². The molecule has 4 N–H and O–H groups in total. The number of hydrogen-bond donors (Lipinski definition) is 4. The van der Waals surface area contributed by atoms with Crippen molar-refractivity contribution >= 4 is 51.8 Å². The first-order valence-corrected chi connectivity index (χ1v) is 13.5. The van der Waals surface area contributed by atoms with Crippen molar-refractivity contribution in [2.45, 2.75) is 24.4 Å². The molecule has 4 aromatic rings. The van der Waals surface area contributed by atoms with E-state index in [0.29, 0.717) is 42.0 Å². The third-order valence-electron chi connectivity index (χ3n) is 7.69. The molecule has 1 saturated heterocycles. The molecule has 9 nitrogen and oxygen atoms in total. The van der Waals surface area contributed by atoms with Crippen molar-refractivity contribution < 1.29 is 28.6 Å². The third kappa shape index (κ3) is 5.12. The smallest absolute Gasteiger partial charge is 0.412 e. The quantitative estimate of drug-likeness (QED) is 0.192. The van der Waals surface area contributed by atoms with E-state index in [1.807, 2.05) is 17.0 Å². The molecule has 41 heavy (non-hydrogen) atoms. The Balaban J connectivity index is 1.36. The van der Waals surface area contributed by atoms with Crippen LogP contribution in [0.4, 0.5) is 25.4 Å². The van der Waals surface area contributed by atoms with Crippen LogP contribution in [0.15, 0.2) is 66.7 Å². The Morgan fingerprint density at radius 3 is 2.73 bits per heavy atom. The molecule has 3 heterocycles. The number of aromatic nitrogens is 1. The molecule has 0 saturated carbocycles. The number of amides is 2. The van der Waals surface area contributed by atoms with Gasteiger partial charge in [0, 0.05) is 40.9 Å². The Hall–Kier alpha value is -4.41. The lowest BCUT2D eigenvalue weighted by Gasteiger charge is -2.45. The molecule has 3 aromatic carbocycles. The van der Waals surface area contributed by atoms with Crippen LogP contribution in [0.2, 0.25) is 5.02 Å². The maximum atomic E-state index is 15.4. The Kier molecular flexibility index (Phi) is 6.88. The van der Waals surface area contributed by atoms with Gasteiger partial charge in [0.05, 0.1) is 22.2 Å². The molecule has 2 amide bonds. The number of halogens is 2. The number of anilines is 2. The standard InChI is InChI=1S/C30H26ClFN4O5/c31-21-8-10-23-25(26(21)32)30(41-29(40)35-23)11-4-12-36(16-30)15-20(27(37)17-5-2-1-3-6-17)24-14-18-13-19(33-28(38)39)7-9-22(18)34-24/h1-3,5-10,13-14,20,33-34H,4,11-12,15-16H2,(H,35,40)(H,38,39). The van der Waals surface area contributed by atoms with Gasteiger partial charge in [-0.1, -0.05) is 41.9 Å². The number of piperidine rings is 1. The van der Waals surface area contributed by atoms with E-state index >= 15 is 4.39 Å². The first kappa shape index (κ1) is 26.8. The number of ketones is 1. The molecule has 6 rings (SSSR count). The fourth-order valence-corrected chi connectivity index (χ4v) is 6.10. The Labute approximate surface area is 239 Å². The highest BCUT2D eigenvalue weighted by Crippen LogP contribution is 2.45. The second-order valence-corrected chi connectivity index (χ2v) is 10.8. The van der Waals surface area contributed by atoms with Gasteiger partial charge < -0.3 is 14.8 Å². The van der Waals surface area contributed by atoms with Gasteiger partial charge in [0.2, 0.25) is 0 Å². The summed E-state index contributed by atoms with van der Waals surface area (Å²) in [5, 5.41) is 14.7. The number of aromatic amines is 1. The highest BCUT2D eigenvalue weighted by atomic mass is 35.5. The van der Waals surface area contributed by atoms with Gasteiger partial charge in [-0.3, -0.25) is 20.3 Å². The molecule has 2 aliphatic rings. The predicted octanol–water partition coefficient (Wildman–Crippen LogP) is 6.57. The number of carbonyl (C=O) groups excluding carboxylic acids is 2. The van der Waals surface area contributed by atoms with Crippen LogP contribution in [-0.2, 0) is 10.3 Å². The topological polar surface area (TPSA) is 124 Å². The number of ether oxygens (including phenoxy) is 1. The molecule has 0 radical (unpaired) electrons. The molecule has 210 valence electrons. The van der Waals surface area contributed by atoms with Gasteiger partial charge in [0.1, 0.15) is 0 Å². The van der Waals surface area contributed by atoms with Crippen molar-refractivity contribution in [2.24, 2.45) is 0 Å². The minimum atomic E-state index is -1.26. The van der Waals surface area contributed by atoms with Crippen molar-refractivity contribution in [3.8, 4) is 0 Å². The van der Waals surface area contributed by atoms with Crippen molar-refractivity contribution in [2.75, 3.05) is 30.3 Å². The third-order valence-corrected chi connectivity index (χ3v) is 7.98. The number of hydrogen-bond acceptors (Lipinski definition) is 5. The summed E-state index contributed by atoms with van der Waals surface area (Å²) in [6.07, 6.45) is -0.833.